The number of ketones is 1. The lowest BCUT2D eigenvalue weighted by Gasteiger charge is -2.14. The molecule has 2 aromatic heterocycles. The molecule has 96 valence electrons. The van der Waals surface area contributed by atoms with E-state index in [0.29, 0.717) is 6.54 Å². The molecule has 2 aromatic rings. The van der Waals surface area contributed by atoms with Gasteiger partial charge in [-0.1, -0.05) is 6.07 Å². The minimum atomic E-state index is 0.224. The third kappa shape index (κ3) is 3.77. The molecule has 2 nitrogen and oxygen atoms in total. The first-order valence-electron chi connectivity index (χ1n) is 5.96. The summed E-state index contributed by atoms with van der Waals surface area (Å²) >= 11 is 3.35. The molecule has 0 atom stereocenters. The number of Topliss-reactive ketones (excluding diaryl/α,β-unsaturated/α-hetero) is 1. The fourth-order valence-corrected chi connectivity index (χ4v) is 3.24. The third-order valence-corrected chi connectivity index (χ3v) is 4.73. The molecule has 2 rings (SSSR count). The van der Waals surface area contributed by atoms with Crippen molar-refractivity contribution in [1.29, 1.82) is 0 Å². The number of rotatable bonds is 6. The summed E-state index contributed by atoms with van der Waals surface area (Å²) in [5.74, 6) is 0.224. The van der Waals surface area contributed by atoms with E-state index in [0.717, 1.165) is 17.8 Å². The molecule has 0 aliphatic rings. The lowest BCUT2D eigenvalue weighted by Crippen LogP contribution is -2.27. The van der Waals surface area contributed by atoms with Gasteiger partial charge in [0, 0.05) is 16.3 Å². The van der Waals surface area contributed by atoms with Crippen LogP contribution in [0.4, 0.5) is 0 Å². The summed E-state index contributed by atoms with van der Waals surface area (Å²) in [6.07, 6.45) is 1.02. The summed E-state index contributed by atoms with van der Waals surface area (Å²) in [6.45, 7) is 3.46. The van der Waals surface area contributed by atoms with Crippen molar-refractivity contribution in [2.75, 3.05) is 20.1 Å². The largest absolute Gasteiger partial charge is 0.299 e. The van der Waals surface area contributed by atoms with E-state index in [-0.39, 0.29) is 5.78 Å². The Balaban J connectivity index is 1.80. The molecule has 4 heteroatoms. The second-order valence-corrected chi connectivity index (χ2v) is 6.72. The highest BCUT2D eigenvalue weighted by atomic mass is 32.1. The van der Waals surface area contributed by atoms with Crippen molar-refractivity contribution < 1.29 is 4.79 Å². The van der Waals surface area contributed by atoms with Gasteiger partial charge in [0.2, 0.25) is 0 Å². The van der Waals surface area contributed by atoms with Crippen LogP contribution >= 0.6 is 22.7 Å². The zero-order valence-corrected chi connectivity index (χ0v) is 12.3. The van der Waals surface area contributed by atoms with E-state index in [4.69, 9.17) is 0 Å². The summed E-state index contributed by atoms with van der Waals surface area (Å²) in [4.78, 5) is 17.5. The van der Waals surface area contributed by atoms with Crippen LogP contribution < -0.4 is 0 Å². The van der Waals surface area contributed by atoms with Gasteiger partial charge in [-0.15, -0.1) is 22.7 Å². The summed E-state index contributed by atoms with van der Waals surface area (Å²) in [7, 11) is 2.01. The summed E-state index contributed by atoms with van der Waals surface area (Å²) in [6, 6.07) is 8.14. The van der Waals surface area contributed by atoms with Gasteiger partial charge in [0.05, 0.1) is 11.4 Å². The molecule has 0 spiro atoms. The molecule has 0 saturated heterocycles. The minimum absolute atomic E-state index is 0.224. The molecule has 0 unspecified atom stereocenters. The third-order valence-electron chi connectivity index (χ3n) is 2.75. The fraction of sp³-hybridized carbons (Fsp3) is 0.357. The molecule has 0 aliphatic carbocycles. The van der Waals surface area contributed by atoms with E-state index in [9.17, 15) is 4.79 Å². The van der Waals surface area contributed by atoms with Gasteiger partial charge in [-0.3, -0.25) is 9.69 Å². The van der Waals surface area contributed by atoms with Crippen LogP contribution in [0.25, 0.3) is 0 Å². The van der Waals surface area contributed by atoms with E-state index < -0.39 is 0 Å². The van der Waals surface area contributed by atoms with Crippen molar-refractivity contribution in [1.82, 2.24) is 4.90 Å². The van der Waals surface area contributed by atoms with Crippen LogP contribution in [0.1, 0.15) is 19.4 Å². The van der Waals surface area contributed by atoms with Crippen molar-refractivity contribution in [2.45, 2.75) is 13.3 Å². The highest BCUT2D eigenvalue weighted by molar-refractivity contribution is 7.14. The second kappa shape index (κ2) is 6.27. The number of carbonyl (C=O) groups is 1. The van der Waals surface area contributed by atoms with Crippen molar-refractivity contribution >= 4 is 28.5 Å². The Hall–Kier alpha value is -0.970. The standard InChI is InChI=1S/C14H17NOS2/c1-11-5-6-14(18-11)13(16)10-15(2)8-7-12-4-3-9-17-12/h3-6,9H,7-8,10H2,1-2H3. The molecular weight excluding hydrogens is 262 g/mol. The average Bonchev–Trinajstić information content (AvgIpc) is 2.97. The number of thiophene rings is 2. The van der Waals surface area contributed by atoms with Crippen LogP contribution in [0.5, 0.6) is 0 Å². The van der Waals surface area contributed by atoms with Gasteiger partial charge < -0.3 is 0 Å². The van der Waals surface area contributed by atoms with Crippen LogP contribution in [0.3, 0.4) is 0 Å². The first-order chi connectivity index (χ1) is 8.65. The lowest BCUT2D eigenvalue weighted by molar-refractivity contribution is 0.0951. The maximum Gasteiger partial charge on any atom is 0.186 e. The van der Waals surface area contributed by atoms with Crippen LogP contribution in [-0.2, 0) is 6.42 Å². The number of nitrogens with zero attached hydrogens (tertiary/aromatic N) is 1. The molecular formula is C14H17NOS2. The van der Waals surface area contributed by atoms with Gasteiger partial charge >= 0.3 is 0 Å². The Morgan fingerprint density at radius 2 is 2.17 bits per heavy atom. The first-order valence-corrected chi connectivity index (χ1v) is 7.65. The molecule has 0 fully saturated rings. The molecule has 18 heavy (non-hydrogen) atoms. The molecule has 0 amide bonds. The van der Waals surface area contributed by atoms with Gasteiger partial charge in [0.25, 0.3) is 0 Å². The van der Waals surface area contributed by atoms with Gasteiger partial charge in [0.1, 0.15) is 0 Å². The Morgan fingerprint density at radius 1 is 1.33 bits per heavy atom. The summed E-state index contributed by atoms with van der Waals surface area (Å²) in [5, 5.41) is 2.09. The smallest absolute Gasteiger partial charge is 0.186 e. The maximum absolute atomic E-state index is 12.0. The van der Waals surface area contributed by atoms with E-state index in [1.807, 2.05) is 26.1 Å². The molecule has 0 radical (unpaired) electrons. The topological polar surface area (TPSA) is 20.3 Å². The van der Waals surface area contributed by atoms with Crippen LogP contribution in [0.15, 0.2) is 29.6 Å². The van der Waals surface area contributed by atoms with Crippen molar-refractivity contribution in [3.8, 4) is 0 Å². The number of carbonyl (C=O) groups excluding carboxylic acids is 1. The number of hydrogen-bond acceptors (Lipinski definition) is 4. The first kappa shape index (κ1) is 13.5. The minimum Gasteiger partial charge on any atom is -0.299 e. The lowest BCUT2D eigenvalue weighted by atomic mass is 10.3. The predicted octanol–water partition coefficient (Wildman–Crippen LogP) is 3.48. The molecule has 0 aromatic carbocycles. The van der Waals surface area contributed by atoms with Crippen molar-refractivity contribution in [3.05, 3.63) is 44.3 Å². The van der Waals surface area contributed by atoms with Gasteiger partial charge in [0.15, 0.2) is 5.78 Å². The number of aryl methyl sites for hydroxylation is 1. The normalized spacial score (nSPS) is 11.1. The van der Waals surface area contributed by atoms with E-state index in [2.05, 4.69) is 22.4 Å². The maximum atomic E-state index is 12.0. The highest BCUT2D eigenvalue weighted by Crippen LogP contribution is 2.16. The fourth-order valence-electron chi connectivity index (χ4n) is 1.74. The molecule has 0 bridgehead atoms. The van der Waals surface area contributed by atoms with Gasteiger partial charge in [-0.2, -0.15) is 0 Å². The zero-order valence-electron chi connectivity index (χ0n) is 10.7. The predicted molar refractivity (Wildman–Crippen MR) is 78.9 cm³/mol. The number of likely N-dealkylation sites (N-methyl/N-ethyl adjacent to an activating group) is 1. The molecule has 0 aliphatic heterocycles. The van der Waals surface area contributed by atoms with Crippen molar-refractivity contribution in [2.24, 2.45) is 0 Å². The average molecular weight is 279 g/mol. The molecule has 2 heterocycles. The number of hydrogen-bond donors (Lipinski definition) is 0. The van der Waals surface area contributed by atoms with Crippen LogP contribution in [0.2, 0.25) is 0 Å². The summed E-state index contributed by atoms with van der Waals surface area (Å²) in [5.41, 5.74) is 0. The highest BCUT2D eigenvalue weighted by Gasteiger charge is 2.11. The van der Waals surface area contributed by atoms with E-state index >= 15 is 0 Å². The van der Waals surface area contributed by atoms with Gasteiger partial charge in [-0.05, 0) is 44.0 Å². The molecule has 0 N–H and O–H groups in total. The Bertz CT molecular complexity index is 502. The summed E-state index contributed by atoms with van der Waals surface area (Å²) < 4.78 is 0. The SMILES string of the molecule is Cc1ccc(C(=O)CN(C)CCc2cccs2)s1. The monoisotopic (exact) mass is 279 g/mol. The van der Waals surface area contributed by atoms with E-state index in [1.165, 1.54) is 9.75 Å². The Labute approximate surface area is 116 Å². The second-order valence-electron chi connectivity index (χ2n) is 4.40. The van der Waals surface area contributed by atoms with Crippen LogP contribution in [-0.4, -0.2) is 30.8 Å². The van der Waals surface area contributed by atoms with Crippen LogP contribution in [0, 0.1) is 6.92 Å². The van der Waals surface area contributed by atoms with E-state index in [1.54, 1.807) is 22.7 Å². The molecule has 0 saturated carbocycles. The Morgan fingerprint density at radius 3 is 2.78 bits per heavy atom. The van der Waals surface area contributed by atoms with Crippen molar-refractivity contribution in [3.63, 3.8) is 0 Å². The van der Waals surface area contributed by atoms with Gasteiger partial charge in [-0.25, -0.2) is 0 Å². The Kier molecular flexibility index (Phi) is 4.69. The zero-order chi connectivity index (χ0) is 13.0. The quantitative estimate of drug-likeness (QED) is 0.755.